The average Bonchev–Trinajstić information content (AvgIpc) is 2.44. The van der Waals surface area contributed by atoms with Crippen LogP contribution in [0.3, 0.4) is 0 Å². The lowest BCUT2D eigenvalue weighted by Gasteiger charge is -2.20. The number of carbonyl (C=O) groups is 2. The number of amides is 1. The zero-order valence-electron chi connectivity index (χ0n) is 13.7. The Morgan fingerprint density at radius 2 is 1.95 bits per heavy atom. The van der Waals surface area contributed by atoms with Gasteiger partial charge in [-0.1, -0.05) is 27.2 Å². The Bertz CT molecular complexity index is 525. The number of hydrogen-bond acceptors (Lipinski definition) is 3. The Labute approximate surface area is 131 Å². The molecule has 122 valence electrons. The second-order valence-electron chi connectivity index (χ2n) is 5.79. The van der Waals surface area contributed by atoms with Crippen LogP contribution in [0, 0.1) is 11.8 Å². The van der Waals surface area contributed by atoms with Gasteiger partial charge in [-0.05, 0) is 36.1 Å². The van der Waals surface area contributed by atoms with Gasteiger partial charge in [-0.25, -0.2) is 4.79 Å². The summed E-state index contributed by atoms with van der Waals surface area (Å²) < 4.78 is 5.04. The van der Waals surface area contributed by atoms with E-state index in [4.69, 9.17) is 9.84 Å². The van der Waals surface area contributed by atoms with Crippen molar-refractivity contribution in [1.29, 1.82) is 0 Å². The molecule has 1 aromatic carbocycles. The molecule has 5 heteroatoms. The molecule has 0 spiro atoms. The van der Waals surface area contributed by atoms with E-state index in [0.29, 0.717) is 17.9 Å². The van der Waals surface area contributed by atoms with Crippen molar-refractivity contribution >= 4 is 17.6 Å². The lowest BCUT2D eigenvalue weighted by Crippen LogP contribution is -2.27. The molecule has 0 radical (unpaired) electrons. The molecule has 1 aromatic rings. The maximum Gasteiger partial charge on any atom is 0.335 e. The smallest absolute Gasteiger partial charge is 0.335 e. The molecule has 1 amide bonds. The Kier molecular flexibility index (Phi) is 7.05. The zero-order chi connectivity index (χ0) is 16.7. The molecule has 0 aliphatic carbocycles. The molecule has 0 aliphatic heterocycles. The maximum atomic E-state index is 12.4. The third-order valence-electron chi connectivity index (χ3n) is 3.56. The van der Waals surface area contributed by atoms with Crippen LogP contribution in [0.2, 0.25) is 0 Å². The molecule has 0 heterocycles. The molecular formula is C17H25NO4. The molecule has 0 saturated heterocycles. The fourth-order valence-corrected chi connectivity index (χ4v) is 2.45. The Morgan fingerprint density at radius 1 is 1.27 bits per heavy atom. The van der Waals surface area contributed by atoms with Gasteiger partial charge in [0.2, 0.25) is 5.91 Å². The van der Waals surface area contributed by atoms with E-state index in [-0.39, 0.29) is 23.3 Å². The highest BCUT2D eigenvalue weighted by Gasteiger charge is 2.21. The number of carboxylic acid groups (broad SMARTS) is 1. The van der Waals surface area contributed by atoms with Crippen molar-refractivity contribution in [3.8, 4) is 0 Å². The molecule has 22 heavy (non-hydrogen) atoms. The number of nitrogens with one attached hydrogen (secondary N) is 1. The highest BCUT2D eigenvalue weighted by atomic mass is 16.5. The first kappa shape index (κ1) is 18.2. The molecule has 1 atom stereocenters. The van der Waals surface area contributed by atoms with E-state index in [0.717, 1.165) is 12.8 Å². The summed E-state index contributed by atoms with van der Waals surface area (Å²) in [5.74, 6) is -0.935. The number of hydrogen-bond donors (Lipinski definition) is 2. The average molecular weight is 307 g/mol. The fraction of sp³-hybridized carbons (Fsp3) is 0.529. The van der Waals surface area contributed by atoms with Crippen LogP contribution in [0.1, 0.15) is 49.5 Å². The number of carboxylic acids is 1. The summed E-state index contributed by atoms with van der Waals surface area (Å²) in [4.78, 5) is 23.6. The number of benzene rings is 1. The van der Waals surface area contributed by atoms with Crippen molar-refractivity contribution in [2.75, 3.05) is 12.4 Å². The van der Waals surface area contributed by atoms with Crippen LogP contribution >= 0.6 is 0 Å². The second-order valence-corrected chi connectivity index (χ2v) is 5.79. The van der Waals surface area contributed by atoms with Gasteiger partial charge in [-0.2, -0.15) is 0 Å². The molecule has 1 unspecified atom stereocenters. The van der Waals surface area contributed by atoms with Crippen LogP contribution in [0.5, 0.6) is 0 Å². The van der Waals surface area contributed by atoms with Crippen LogP contribution in [0.15, 0.2) is 18.2 Å². The van der Waals surface area contributed by atoms with E-state index in [1.54, 1.807) is 19.2 Å². The van der Waals surface area contributed by atoms with Gasteiger partial charge in [-0.15, -0.1) is 0 Å². The maximum absolute atomic E-state index is 12.4. The third-order valence-corrected chi connectivity index (χ3v) is 3.56. The minimum Gasteiger partial charge on any atom is -0.478 e. The SMILES string of the molecule is CCCC(C(=O)Nc1cc(COC)cc(C(=O)O)c1)C(C)C. The molecule has 2 N–H and O–H groups in total. The fourth-order valence-electron chi connectivity index (χ4n) is 2.45. The van der Waals surface area contributed by atoms with Crippen LogP contribution in [-0.2, 0) is 16.1 Å². The lowest BCUT2D eigenvalue weighted by molar-refractivity contribution is -0.121. The molecule has 0 aliphatic rings. The summed E-state index contributed by atoms with van der Waals surface area (Å²) in [6, 6.07) is 4.77. The van der Waals surface area contributed by atoms with E-state index in [1.165, 1.54) is 6.07 Å². The number of carbonyl (C=O) groups excluding carboxylic acids is 1. The number of ether oxygens (including phenoxy) is 1. The topological polar surface area (TPSA) is 75.6 Å². The van der Waals surface area contributed by atoms with Gasteiger partial charge in [0.1, 0.15) is 0 Å². The number of aromatic carboxylic acids is 1. The quantitative estimate of drug-likeness (QED) is 0.770. The highest BCUT2D eigenvalue weighted by molar-refractivity contribution is 5.95. The highest BCUT2D eigenvalue weighted by Crippen LogP contribution is 2.21. The summed E-state index contributed by atoms with van der Waals surface area (Å²) in [5, 5.41) is 12.0. The summed E-state index contributed by atoms with van der Waals surface area (Å²) in [5.41, 5.74) is 1.36. The largest absolute Gasteiger partial charge is 0.478 e. The van der Waals surface area contributed by atoms with Crippen molar-refractivity contribution in [2.24, 2.45) is 11.8 Å². The van der Waals surface area contributed by atoms with Crippen LogP contribution in [0.25, 0.3) is 0 Å². The van der Waals surface area contributed by atoms with Crippen LogP contribution in [-0.4, -0.2) is 24.1 Å². The van der Waals surface area contributed by atoms with E-state index in [2.05, 4.69) is 5.32 Å². The molecule has 1 rings (SSSR count). The van der Waals surface area contributed by atoms with Crippen molar-refractivity contribution < 1.29 is 19.4 Å². The van der Waals surface area contributed by atoms with Crippen molar-refractivity contribution in [1.82, 2.24) is 0 Å². The van der Waals surface area contributed by atoms with Gasteiger partial charge in [0.05, 0.1) is 12.2 Å². The molecule has 0 bridgehead atoms. The molecule has 0 aromatic heterocycles. The van der Waals surface area contributed by atoms with Gasteiger partial charge in [0.15, 0.2) is 0 Å². The first-order valence-corrected chi connectivity index (χ1v) is 7.56. The molecule has 5 nitrogen and oxygen atoms in total. The minimum atomic E-state index is -1.03. The number of methoxy groups -OCH3 is 1. The lowest BCUT2D eigenvalue weighted by atomic mass is 9.90. The normalized spacial score (nSPS) is 12.2. The van der Waals surface area contributed by atoms with Crippen molar-refractivity contribution in [3.05, 3.63) is 29.3 Å². The van der Waals surface area contributed by atoms with Crippen molar-refractivity contribution in [2.45, 2.75) is 40.2 Å². The van der Waals surface area contributed by atoms with E-state index < -0.39 is 5.97 Å². The summed E-state index contributed by atoms with van der Waals surface area (Å²) in [6.07, 6.45) is 1.74. The van der Waals surface area contributed by atoms with Gasteiger partial charge >= 0.3 is 5.97 Å². The number of anilines is 1. The van der Waals surface area contributed by atoms with E-state index in [9.17, 15) is 9.59 Å². The first-order chi connectivity index (χ1) is 10.4. The standard InChI is InChI=1S/C17H25NO4/c1-5-6-15(11(2)3)16(19)18-14-8-12(10-22-4)7-13(9-14)17(20)21/h7-9,11,15H,5-6,10H2,1-4H3,(H,18,19)(H,20,21). The number of rotatable bonds is 8. The predicted molar refractivity (Wildman–Crippen MR) is 86.0 cm³/mol. The molecular weight excluding hydrogens is 282 g/mol. The van der Waals surface area contributed by atoms with Crippen molar-refractivity contribution in [3.63, 3.8) is 0 Å². The monoisotopic (exact) mass is 307 g/mol. The Morgan fingerprint density at radius 3 is 2.45 bits per heavy atom. The molecule has 0 fully saturated rings. The first-order valence-electron chi connectivity index (χ1n) is 7.56. The zero-order valence-corrected chi connectivity index (χ0v) is 13.7. The molecule has 0 saturated carbocycles. The van der Waals surface area contributed by atoms with Gasteiger partial charge in [0, 0.05) is 18.7 Å². The van der Waals surface area contributed by atoms with Gasteiger partial charge in [-0.3, -0.25) is 4.79 Å². The Hall–Kier alpha value is -1.88. The van der Waals surface area contributed by atoms with Crippen LogP contribution < -0.4 is 5.32 Å². The predicted octanol–water partition coefficient (Wildman–Crippen LogP) is 3.54. The summed E-state index contributed by atoms with van der Waals surface area (Å²) in [6.45, 7) is 6.38. The Balaban J connectivity index is 3.00. The third kappa shape index (κ3) is 5.15. The van der Waals surface area contributed by atoms with E-state index in [1.807, 2.05) is 20.8 Å². The summed E-state index contributed by atoms with van der Waals surface area (Å²) in [7, 11) is 1.54. The van der Waals surface area contributed by atoms with Crippen LogP contribution in [0.4, 0.5) is 5.69 Å². The van der Waals surface area contributed by atoms with E-state index >= 15 is 0 Å². The summed E-state index contributed by atoms with van der Waals surface area (Å²) >= 11 is 0. The minimum absolute atomic E-state index is 0.0669. The second kappa shape index (κ2) is 8.54. The van der Waals surface area contributed by atoms with Gasteiger partial charge in [0.25, 0.3) is 0 Å². The van der Waals surface area contributed by atoms with Gasteiger partial charge < -0.3 is 15.2 Å².